The van der Waals surface area contributed by atoms with Gasteiger partial charge < -0.3 is 8.75 Å². The molecular weight excluding hydrogens is 405 g/mol. The summed E-state index contributed by atoms with van der Waals surface area (Å²) >= 11 is 0. The van der Waals surface area contributed by atoms with E-state index in [1.54, 1.807) is 0 Å². The molecule has 2 heterocycles. The molecule has 3 rings (SSSR count). The predicted molar refractivity (Wildman–Crippen MR) is 80.1 cm³/mol. The lowest BCUT2D eigenvalue weighted by Crippen LogP contribution is -2.36. The number of rotatable bonds is 4. The molecular formula is C13H10F5N3O5S. The first-order valence-corrected chi connectivity index (χ1v) is 8.64. The molecule has 2 aromatic rings. The first-order chi connectivity index (χ1) is 12.3. The van der Waals surface area contributed by atoms with E-state index in [4.69, 9.17) is 0 Å². The van der Waals surface area contributed by atoms with Crippen molar-refractivity contribution in [3.05, 3.63) is 33.0 Å². The Morgan fingerprint density at radius 2 is 1.81 bits per heavy atom. The van der Waals surface area contributed by atoms with Crippen molar-refractivity contribution >= 4 is 20.9 Å². The van der Waals surface area contributed by atoms with Crippen LogP contribution in [-0.2, 0) is 22.7 Å². The fourth-order valence-corrected chi connectivity index (χ4v) is 2.97. The molecule has 1 fully saturated rings. The maximum Gasteiger partial charge on any atom is 0.534 e. The molecule has 1 aliphatic rings. The Bertz CT molecular complexity index is 1150. The zero-order chi connectivity index (χ0) is 20.4. The molecule has 1 aliphatic carbocycles. The summed E-state index contributed by atoms with van der Waals surface area (Å²) in [7, 11) is -5.16. The Balaban J connectivity index is 2.31. The molecule has 0 radical (unpaired) electrons. The molecule has 1 saturated carbocycles. The first-order valence-electron chi connectivity index (χ1n) is 7.23. The second kappa shape index (κ2) is 5.74. The SMILES string of the molecule is Cn1nc(OS(=O)(=O)C(F)(F)F)c2cn(C3(C(F)F)CC3)c(=O)cc2c1=O. The van der Waals surface area contributed by atoms with Crippen molar-refractivity contribution in [1.82, 2.24) is 14.3 Å². The second-order valence-corrected chi connectivity index (χ2v) is 7.47. The van der Waals surface area contributed by atoms with E-state index in [-0.39, 0.29) is 12.8 Å². The monoisotopic (exact) mass is 415 g/mol. The van der Waals surface area contributed by atoms with Gasteiger partial charge in [-0.1, -0.05) is 0 Å². The average Bonchev–Trinajstić information content (AvgIpc) is 3.32. The van der Waals surface area contributed by atoms with E-state index in [1.807, 2.05) is 0 Å². The number of halogens is 5. The maximum absolute atomic E-state index is 13.3. The summed E-state index contributed by atoms with van der Waals surface area (Å²) in [6.07, 6.45) is -2.45. The number of aryl methyl sites for hydroxylation is 1. The Kier molecular flexibility index (Phi) is 4.10. The summed E-state index contributed by atoms with van der Waals surface area (Å²) < 4.78 is 91.9. The quantitative estimate of drug-likeness (QED) is 0.421. The van der Waals surface area contributed by atoms with Crippen LogP contribution in [0.3, 0.4) is 0 Å². The highest BCUT2D eigenvalue weighted by Crippen LogP contribution is 2.48. The Labute approximate surface area is 146 Å². The fraction of sp³-hybridized carbons (Fsp3) is 0.462. The van der Waals surface area contributed by atoms with Crippen LogP contribution in [0.5, 0.6) is 5.88 Å². The molecule has 0 unspecified atom stereocenters. The van der Waals surface area contributed by atoms with Crippen LogP contribution in [0.4, 0.5) is 22.0 Å². The van der Waals surface area contributed by atoms with Gasteiger partial charge in [0.25, 0.3) is 23.4 Å². The van der Waals surface area contributed by atoms with E-state index in [0.29, 0.717) is 21.5 Å². The van der Waals surface area contributed by atoms with Crippen LogP contribution >= 0.6 is 0 Å². The summed E-state index contributed by atoms with van der Waals surface area (Å²) in [5.41, 5.74) is -9.60. The molecule has 2 aromatic heterocycles. The van der Waals surface area contributed by atoms with Gasteiger partial charge in [0.1, 0.15) is 5.54 Å². The van der Waals surface area contributed by atoms with Crippen LogP contribution in [0.25, 0.3) is 10.8 Å². The molecule has 0 amide bonds. The highest BCUT2D eigenvalue weighted by atomic mass is 32.2. The van der Waals surface area contributed by atoms with Crippen LogP contribution in [0, 0.1) is 0 Å². The lowest BCUT2D eigenvalue weighted by molar-refractivity contribution is -0.0501. The van der Waals surface area contributed by atoms with Crippen LogP contribution in [0.15, 0.2) is 21.9 Å². The third kappa shape index (κ3) is 2.96. The maximum atomic E-state index is 13.3. The van der Waals surface area contributed by atoms with Crippen molar-refractivity contribution in [2.45, 2.75) is 30.3 Å². The van der Waals surface area contributed by atoms with Gasteiger partial charge in [0, 0.05) is 19.3 Å². The third-order valence-electron chi connectivity index (χ3n) is 4.17. The van der Waals surface area contributed by atoms with Gasteiger partial charge >= 0.3 is 15.6 Å². The molecule has 0 aromatic carbocycles. The molecule has 0 aliphatic heterocycles. The average molecular weight is 415 g/mol. The summed E-state index contributed by atoms with van der Waals surface area (Å²) in [6.45, 7) is 0. The van der Waals surface area contributed by atoms with Crippen molar-refractivity contribution in [3.8, 4) is 5.88 Å². The Hall–Kier alpha value is -2.51. The second-order valence-electron chi connectivity index (χ2n) is 5.93. The van der Waals surface area contributed by atoms with Gasteiger partial charge in [-0.25, -0.2) is 13.5 Å². The molecule has 0 saturated heterocycles. The van der Waals surface area contributed by atoms with Crippen LogP contribution in [0.1, 0.15) is 12.8 Å². The number of hydrogen-bond acceptors (Lipinski definition) is 6. The van der Waals surface area contributed by atoms with Gasteiger partial charge in [-0.3, -0.25) is 9.59 Å². The van der Waals surface area contributed by atoms with E-state index in [1.165, 1.54) is 0 Å². The zero-order valence-corrected chi connectivity index (χ0v) is 14.1. The van der Waals surface area contributed by atoms with Crippen molar-refractivity contribution in [1.29, 1.82) is 0 Å². The number of aromatic nitrogens is 3. The van der Waals surface area contributed by atoms with Gasteiger partial charge in [0.05, 0.1) is 10.8 Å². The minimum atomic E-state index is -6.14. The smallest absolute Gasteiger partial charge is 0.353 e. The lowest BCUT2D eigenvalue weighted by Gasteiger charge is -2.19. The minimum absolute atomic E-state index is 0.0780. The molecule has 27 heavy (non-hydrogen) atoms. The number of pyridine rings is 1. The van der Waals surface area contributed by atoms with E-state index in [0.717, 1.165) is 7.05 Å². The van der Waals surface area contributed by atoms with E-state index in [9.17, 15) is 40.0 Å². The summed E-state index contributed by atoms with van der Waals surface area (Å²) in [5, 5.41) is 2.18. The van der Waals surface area contributed by atoms with Gasteiger partial charge in [-0.05, 0) is 12.8 Å². The summed E-state index contributed by atoms with van der Waals surface area (Å²) in [4.78, 5) is 24.2. The first kappa shape index (κ1) is 19.3. The molecule has 0 bridgehead atoms. The van der Waals surface area contributed by atoms with Crippen molar-refractivity contribution in [2.75, 3.05) is 0 Å². The summed E-state index contributed by atoms with van der Waals surface area (Å²) in [5.74, 6) is -1.16. The Morgan fingerprint density at radius 3 is 2.30 bits per heavy atom. The van der Waals surface area contributed by atoms with Crippen LogP contribution < -0.4 is 15.3 Å². The zero-order valence-electron chi connectivity index (χ0n) is 13.3. The molecule has 14 heteroatoms. The van der Waals surface area contributed by atoms with Gasteiger partial charge in [-0.2, -0.15) is 21.6 Å². The molecule has 148 valence electrons. The molecule has 0 atom stereocenters. The highest BCUT2D eigenvalue weighted by Gasteiger charge is 2.54. The lowest BCUT2D eigenvalue weighted by atomic mass is 10.2. The number of alkyl halides is 5. The predicted octanol–water partition coefficient (Wildman–Crippen LogP) is 1.08. The normalized spacial score (nSPS) is 16.7. The van der Waals surface area contributed by atoms with E-state index < -0.39 is 55.4 Å². The van der Waals surface area contributed by atoms with Gasteiger partial charge in [0.2, 0.25) is 0 Å². The van der Waals surface area contributed by atoms with Gasteiger partial charge in [0.15, 0.2) is 0 Å². The van der Waals surface area contributed by atoms with Gasteiger partial charge in [-0.15, -0.1) is 5.10 Å². The topological polar surface area (TPSA) is 100 Å². The number of nitrogens with zero attached hydrogens (tertiary/aromatic N) is 3. The molecule has 8 nitrogen and oxygen atoms in total. The third-order valence-corrected chi connectivity index (χ3v) is 5.11. The number of hydrogen-bond donors (Lipinski definition) is 0. The van der Waals surface area contributed by atoms with Crippen molar-refractivity contribution in [2.24, 2.45) is 7.05 Å². The molecule has 0 spiro atoms. The number of fused-ring (bicyclic) bond motifs is 1. The fourth-order valence-electron chi connectivity index (χ4n) is 2.54. The molecule has 0 N–H and O–H groups in total. The van der Waals surface area contributed by atoms with E-state index >= 15 is 0 Å². The standard InChI is InChI=1S/C13H10F5N3O5S/c1-20-10(23)6-4-8(22)21(12(2-3-12)11(14)15)5-7(6)9(19-20)26-27(24,25)13(16,17)18/h4-5,11H,2-3H2,1H3. The minimum Gasteiger partial charge on any atom is -0.353 e. The van der Waals surface area contributed by atoms with Crippen molar-refractivity contribution in [3.63, 3.8) is 0 Å². The van der Waals surface area contributed by atoms with Crippen LogP contribution in [-0.4, -0.2) is 34.7 Å². The summed E-state index contributed by atoms with van der Waals surface area (Å²) in [6, 6.07) is 0.634. The largest absolute Gasteiger partial charge is 0.534 e. The van der Waals surface area contributed by atoms with Crippen molar-refractivity contribution < 1.29 is 34.6 Å². The highest BCUT2D eigenvalue weighted by molar-refractivity contribution is 7.88. The Morgan fingerprint density at radius 1 is 1.22 bits per heavy atom. The van der Waals surface area contributed by atoms with E-state index in [2.05, 4.69) is 9.28 Å². The van der Waals surface area contributed by atoms with Crippen LogP contribution in [0.2, 0.25) is 0 Å².